The third-order valence-electron chi connectivity index (χ3n) is 4.12. The summed E-state index contributed by atoms with van der Waals surface area (Å²) >= 11 is 6.10. The summed E-state index contributed by atoms with van der Waals surface area (Å²) in [5.41, 5.74) is 5.84. The average molecular weight is 475 g/mol. The van der Waals surface area contributed by atoms with Crippen LogP contribution in [0, 0.1) is 0 Å². The molecule has 0 bridgehead atoms. The van der Waals surface area contributed by atoms with Crippen LogP contribution in [0.25, 0.3) is 16.5 Å². The van der Waals surface area contributed by atoms with Gasteiger partial charge in [-0.2, -0.15) is 0 Å². The minimum atomic E-state index is -0.968. The predicted molar refractivity (Wildman–Crippen MR) is 116 cm³/mol. The van der Waals surface area contributed by atoms with Crippen molar-refractivity contribution in [2.45, 2.75) is 13.5 Å². The molecule has 2 aromatic heterocycles. The molecule has 0 saturated carbocycles. The molecule has 0 spiro atoms. The second-order valence-corrected chi connectivity index (χ2v) is 6.73. The van der Waals surface area contributed by atoms with Crippen LogP contribution in [0.1, 0.15) is 28.9 Å². The van der Waals surface area contributed by atoms with Gasteiger partial charge >= 0.3 is 12.1 Å². The number of ether oxygens (including phenoxy) is 3. The van der Waals surface area contributed by atoms with Gasteiger partial charge < -0.3 is 29.7 Å². The maximum atomic E-state index is 12.5. The zero-order valence-corrected chi connectivity index (χ0v) is 18.1. The second-order valence-electron chi connectivity index (χ2n) is 6.30. The summed E-state index contributed by atoms with van der Waals surface area (Å²) in [7, 11) is 0. The molecule has 0 unspecified atom stereocenters. The van der Waals surface area contributed by atoms with E-state index in [9.17, 15) is 14.4 Å². The third-order valence-corrected chi connectivity index (χ3v) is 4.34. The molecule has 12 heteroatoms. The highest BCUT2D eigenvalue weighted by Crippen LogP contribution is 2.28. The van der Waals surface area contributed by atoms with Crippen molar-refractivity contribution in [3.63, 3.8) is 0 Å². The molecule has 0 aliphatic carbocycles. The molecule has 1 aromatic carbocycles. The van der Waals surface area contributed by atoms with Gasteiger partial charge in [0, 0.05) is 29.0 Å². The van der Waals surface area contributed by atoms with Gasteiger partial charge in [0.2, 0.25) is 6.79 Å². The molecule has 0 aliphatic heterocycles. The standard InChI is InChI=1S/C21H19ClN4O7/c1-2-30-21(29)32-11-31-20(28)15-8-13(22)6-12-7-14(33-17(12)15)10-26-19(27)16(9-23)18-24-4-3-5-25-18/h3-9H,2,10-11,23H2,1H3,(H,26,27)/b16-9+. The van der Waals surface area contributed by atoms with E-state index in [4.69, 9.17) is 26.5 Å². The number of nitrogens with one attached hydrogen (secondary N) is 1. The number of carbonyl (C=O) groups excluding carboxylic acids is 3. The molecule has 0 fully saturated rings. The summed E-state index contributed by atoms with van der Waals surface area (Å²) in [6.45, 7) is 1.06. The number of rotatable bonds is 8. The summed E-state index contributed by atoms with van der Waals surface area (Å²) in [4.78, 5) is 44.1. The summed E-state index contributed by atoms with van der Waals surface area (Å²) in [6, 6.07) is 6.16. The lowest BCUT2D eigenvalue weighted by Crippen LogP contribution is -2.25. The van der Waals surface area contributed by atoms with E-state index < -0.39 is 24.8 Å². The van der Waals surface area contributed by atoms with E-state index in [2.05, 4.69) is 24.8 Å². The predicted octanol–water partition coefficient (Wildman–Crippen LogP) is 2.78. The Bertz CT molecular complexity index is 1190. The van der Waals surface area contributed by atoms with Crippen LogP contribution in [0.2, 0.25) is 5.02 Å². The molecule has 3 N–H and O–H groups in total. The molecule has 0 atom stereocenters. The first kappa shape index (κ1) is 23.5. The van der Waals surface area contributed by atoms with E-state index in [-0.39, 0.29) is 40.7 Å². The number of hydrogen-bond donors (Lipinski definition) is 2. The summed E-state index contributed by atoms with van der Waals surface area (Å²) in [5.74, 6) is -0.837. The Morgan fingerprint density at radius 1 is 1.15 bits per heavy atom. The highest BCUT2D eigenvalue weighted by atomic mass is 35.5. The molecule has 0 saturated heterocycles. The van der Waals surface area contributed by atoms with Crippen molar-refractivity contribution in [3.05, 3.63) is 65.0 Å². The summed E-state index contributed by atoms with van der Waals surface area (Å²) in [6.07, 6.45) is 3.11. The molecule has 33 heavy (non-hydrogen) atoms. The lowest BCUT2D eigenvalue weighted by Gasteiger charge is -2.07. The lowest BCUT2D eigenvalue weighted by atomic mass is 10.1. The van der Waals surface area contributed by atoms with Crippen LogP contribution in [-0.4, -0.2) is 41.4 Å². The zero-order valence-electron chi connectivity index (χ0n) is 17.4. The van der Waals surface area contributed by atoms with Gasteiger partial charge in [-0.05, 0) is 31.2 Å². The number of nitrogens with two attached hydrogens (primary N) is 1. The second kappa shape index (κ2) is 11.0. The van der Waals surface area contributed by atoms with Gasteiger partial charge in [-0.25, -0.2) is 19.6 Å². The number of aromatic nitrogens is 2. The first-order valence-electron chi connectivity index (χ1n) is 9.59. The first-order chi connectivity index (χ1) is 15.9. The zero-order chi connectivity index (χ0) is 23.8. The fraction of sp³-hybridized carbons (Fsp3) is 0.190. The lowest BCUT2D eigenvalue weighted by molar-refractivity contribution is -0.115. The summed E-state index contributed by atoms with van der Waals surface area (Å²) in [5, 5.41) is 3.41. The maximum absolute atomic E-state index is 12.5. The number of furan rings is 1. The van der Waals surface area contributed by atoms with E-state index in [1.165, 1.54) is 18.5 Å². The van der Waals surface area contributed by atoms with Crippen molar-refractivity contribution >= 4 is 46.2 Å². The van der Waals surface area contributed by atoms with Crippen LogP contribution in [0.4, 0.5) is 4.79 Å². The molecular formula is C21H19ClN4O7. The highest BCUT2D eigenvalue weighted by Gasteiger charge is 2.19. The molecule has 11 nitrogen and oxygen atoms in total. The van der Waals surface area contributed by atoms with Crippen molar-refractivity contribution in [3.8, 4) is 0 Å². The van der Waals surface area contributed by atoms with E-state index in [0.29, 0.717) is 11.1 Å². The Balaban J connectivity index is 1.71. The van der Waals surface area contributed by atoms with Gasteiger partial charge in [-0.15, -0.1) is 0 Å². The van der Waals surface area contributed by atoms with Crippen LogP contribution in [0.3, 0.4) is 0 Å². The largest absolute Gasteiger partial charge is 0.511 e. The highest BCUT2D eigenvalue weighted by molar-refractivity contribution is 6.32. The number of fused-ring (bicyclic) bond motifs is 1. The van der Waals surface area contributed by atoms with Crippen molar-refractivity contribution in [2.24, 2.45) is 5.73 Å². The smallest absolute Gasteiger partial charge is 0.458 e. The number of hydrogen-bond acceptors (Lipinski definition) is 10. The minimum Gasteiger partial charge on any atom is -0.458 e. The van der Waals surface area contributed by atoms with E-state index in [0.717, 1.165) is 6.20 Å². The van der Waals surface area contributed by atoms with Crippen molar-refractivity contribution in [1.82, 2.24) is 15.3 Å². The van der Waals surface area contributed by atoms with Crippen molar-refractivity contribution in [2.75, 3.05) is 13.4 Å². The maximum Gasteiger partial charge on any atom is 0.511 e. The Morgan fingerprint density at radius 3 is 2.61 bits per heavy atom. The van der Waals surface area contributed by atoms with Gasteiger partial charge in [0.15, 0.2) is 5.82 Å². The molecule has 0 aliphatic rings. The molecule has 3 aromatic rings. The van der Waals surface area contributed by atoms with Gasteiger partial charge in [0.25, 0.3) is 5.91 Å². The molecular weight excluding hydrogens is 456 g/mol. The van der Waals surface area contributed by atoms with Crippen LogP contribution in [-0.2, 0) is 25.5 Å². The SMILES string of the molecule is CCOC(=O)OCOC(=O)c1cc(Cl)cc2cc(CNC(=O)/C(=C/N)c3ncccn3)oc12. The van der Waals surface area contributed by atoms with Gasteiger partial charge in [0.1, 0.15) is 16.9 Å². The van der Waals surface area contributed by atoms with Crippen molar-refractivity contribution < 1.29 is 33.0 Å². The number of nitrogens with zero attached hydrogens (tertiary/aromatic N) is 2. The van der Waals surface area contributed by atoms with E-state index in [1.807, 2.05) is 0 Å². The van der Waals surface area contributed by atoms with Crippen LogP contribution in [0.5, 0.6) is 0 Å². The van der Waals surface area contributed by atoms with E-state index in [1.54, 1.807) is 25.1 Å². The molecule has 3 rings (SSSR count). The fourth-order valence-electron chi connectivity index (χ4n) is 2.73. The monoisotopic (exact) mass is 474 g/mol. The quantitative estimate of drug-likeness (QED) is 0.282. The van der Waals surface area contributed by atoms with Gasteiger partial charge in [-0.1, -0.05) is 11.6 Å². The van der Waals surface area contributed by atoms with Crippen LogP contribution >= 0.6 is 11.6 Å². The van der Waals surface area contributed by atoms with Gasteiger partial charge in [-0.3, -0.25) is 4.79 Å². The van der Waals surface area contributed by atoms with Gasteiger partial charge in [0.05, 0.1) is 18.7 Å². The van der Waals surface area contributed by atoms with E-state index >= 15 is 0 Å². The Hall–Kier alpha value is -4.12. The number of halogens is 1. The Kier molecular flexibility index (Phi) is 7.82. The minimum absolute atomic E-state index is 0.0164. The van der Waals surface area contributed by atoms with Crippen molar-refractivity contribution in [1.29, 1.82) is 0 Å². The number of amides is 1. The average Bonchev–Trinajstić information content (AvgIpc) is 3.21. The molecule has 172 valence electrons. The number of carbonyl (C=O) groups is 3. The normalized spacial score (nSPS) is 11.2. The molecule has 1 amide bonds. The van der Waals surface area contributed by atoms with Crippen LogP contribution in [0.15, 0.2) is 47.3 Å². The third kappa shape index (κ3) is 5.98. The Labute approximate surface area is 192 Å². The molecule has 2 heterocycles. The fourth-order valence-corrected chi connectivity index (χ4v) is 2.96. The van der Waals surface area contributed by atoms with Crippen LogP contribution < -0.4 is 11.1 Å². The first-order valence-corrected chi connectivity index (χ1v) is 9.96. The summed E-state index contributed by atoms with van der Waals surface area (Å²) < 4.78 is 19.8. The number of esters is 1. The number of benzene rings is 1. The molecule has 0 radical (unpaired) electrons. The Morgan fingerprint density at radius 2 is 1.91 bits per heavy atom. The topological polar surface area (TPSA) is 156 Å².